The molecule has 2 aromatic carbocycles. The number of thioether (sulfide) groups is 1. The molecular formula is C24H30N4O2S. The minimum Gasteiger partial charge on any atom is -0.497 e. The maximum absolute atomic E-state index is 13.2. The van der Waals surface area contributed by atoms with Gasteiger partial charge in [-0.3, -0.25) is 9.36 Å². The molecule has 1 aromatic heterocycles. The lowest BCUT2D eigenvalue weighted by Gasteiger charge is -2.32. The van der Waals surface area contributed by atoms with E-state index in [-0.39, 0.29) is 23.2 Å². The van der Waals surface area contributed by atoms with E-state index in [1.165, 1.54) is 11.8 Å². The first-order chi connectivity index (χ1) is 14.8. The second kappa shape index (κ2) is 10.0. The molecule has 0 saturated carbocycles. The van der Waals surface area contributed by atoms with E-state index in [1.54, 1.807) is 7.11 Å². The van der Waals surface area contributed by atoms with E-state index < -0.39 is 0 Å². The lowest BCUT2D eigenvalue weighted by Crippen LogP contribution is -2.45. The number of carbonyl (C=O) groups excluding carboxylic acids is 1. The molecule has 1 unspecified atom stereocenters. The second-order valence-electron chi connectivity index (χ2n) is 7.90. The first kappa shape index (κ1) is 22.9. The molecule has 1 atom stereocenters. The second-order valence-corrected chi connectivity index (χ2v) is 9.21. The van der Waals surface area contributed by atoms with Crippen molar-refractivity contribution in [2.24, 2.45) is 0 Å². The molecule has 3 rings (SSSR count). The first-order valence-electron chi connectivity index (χ1n) is 10.5. The molecule has 0 radical (unpaired) electrons. The van der Waals surface area contributed by atoms with E-state index in [2.05, 4.69) is 10.2 Å². The molecule has 7 heteroatoms. The van der Waals surface area contributed by atoms with Crippen LogP contribution in [0.1, 0.15) is 34.6 Å². The fourth-order valence-corrected chi connectivity index (χ4v) is 4.53. The number of methoxy groups -OCH3 is 1. The third-order valence-corrected chi connectivity index (χ3v) is 6.02. The highest BCUT2D eigenvalue weighted by Crippen LogP contribution is 2.31. The van der Waals surface area contributed by atoms with Gasteiger partial charge in [0.05, 0.1) is 12.4 Å². The molecule has 0 saturated heterocycles. The van der Waals surface area contributed by atoms with Crippen LogP contribution in [0.3, 0.4) is 0 Å². The van der Waals surface area contributed by atoms with Gasteiger partial charge in [0, 0.05) is 23.3 Å². The number of hydrogen-bond acceptors (Lipinski definition) is 5. The highest BCUT2D eigenvalue weighted by atomic mass is 32.2. The van der Waals surface area contributed by atoms with E-state index in [4.69, 9.17) is 4.74 Å². The van der Waals surface area contributed by atoms with Crippen molar-refractivity contribution in [2.75, 3.05) is 7.11 Å². The Kier molecular flexibility index (Phi) is 7.38. The van der Waals surface area contributed by atoms with Crippen molar-refractivity contribution in [3.63, 3.8) is 0 Å². The minimum atomic E-state index is -0.292. The van der Waals surface area contributed by atoms with Crippen LogP contribution in [0.15, 0.2) is 59.8 Å². The number of aromatic nitrogens is 3. The van der Waals surface area contributed by atoms with Crippen molar-refractivity contribution in [1.29, 1.82) is 0 Å². The molecule has 0 aliphatic rings. The van der Waals surface area contributed by atoms with Gasteiger partial charge in [-0.2, -0.15) is 0 Å². The fourth-order valence-electron chi connectivity index (χ4n) is 3.61. The maximum Gasteiger partial charge on any atom is 0.236 e. The number of para-hydroxylation sites is 1. The van der Waals surface area contributed by atoms with E-state index in [1.807, 2.05) is 98.7 Å². The third-order valence-electron chi connectivity index (χ3n) is 4.99. The lowest BCUT2D eigenvalue weighted by molar-refractivity contribution is -0.133. The Bertz CT molecular complexity index is 992. The van der Waals surface area contributed by atoms with Crippen LogP contribution >= 0.6 is 11.8 Å². The van der Waals surface area contributed by atoms with E-state index in [0.717, 1.165) is 22.8 Å². The third kappa shape index (κ3) is 5.10. The summed E-state index contributed by atoms with van der Waals surface area (Å²) < 4.78 is 7.28. The van der Waals surface area contributed by atoms with E-state index in [9.17, 15) is 4.79 Å². The molecule has 1 heterocycles. The Hall–Kier alpha value is -2.80. The minimum absolute atomic E-state index is 0.101. The first-order valence-corrected chi connectivity index (χ1v) is 11.4. The van der Waals surface area contributed by atoms with Crippen molar-refractivity contribution in [3.05, 3.63) is 54.6 Å². The Morgan fingerprint density at radius 2 is 1.55 bits per heavy atom. The zero-order valence-corrected chi connectivity index (χ0v) is 19.8. The Morgan fingerprint density at radius 3 is 2.10 bits per heavy atom. The Balaban J connectivity index is 1.99. The van der Waals surface area contributed by atoms with Crippen molar-refractivity contribution in [3.8, 4) is 22.8 Å². The van der Waals surface area contributed by atoms with Gasteiger partial charge in [0.1, 0.15) is 5.75 Å². The molecule has 6 nitrogen and oxygen atoms in total. The van der Waals surface area contributed by atoms with Crippen LogP contribution in [0.25, 0.3) is 17.1 Å². The molecule has 1 amide bonds. The molecule has 0 spiro atoms. The predicted octanol–water partition coefficient (Wildman–Crippen LogP) is 5.07. The zero-order chi connectivity index (χ0) is 22.5. The zero-order valence-electron chi connectivity index (χ0n) is 18.9. The Morgan fingerprint density at radius 1 is 0.935 bits per heavy atom. The van der Waals surface area contributed by atoms with Gasteiger partial charge in [0.15, 0.2) is 11.0 Å². The van der Waals surface area contributed by atoms with Crippen LogP contribution in [-0.4, -0.2) is 50.0 Å². The topological polar surface area (TPSA) is 60.3 Å². The number of rotatable bonds is 8. The largest absolute Gasteiger partial charge is 0.497 e. The van der Waals surface area contributed by atoms with Crippen LogP contribution in [0, 0.1) is 0 Å². The smallest absolute Gasteiger partial charge is 0.236 e. The number of hydrogen-bond donors (Lipinski definition) is 0. The molecule has 0 aliphatic heterocycles. The van der Waals surface area contributed by atoms with Gasteiger partial charge in [-0.05, 0) is 71.0 Å². The van der Waals surface area contributed by atoms with Gasteiger partial charge < -0.3 is 9.64 Å². The molecule has 0 bridgehead atoms. The Labute approximate surface area is 188 Å². The van der Waals surface area contributed by atoms with Crippen molar-refractivity contribution < 1.29 is 9.53 Å². The number of ether oxygens (including phenoxy) is 1. The summed E-state index contributed by atoms with van der Waals surface area (Å²) in [7, 11) is 1.65. The summed E-state index contributed by atoms with van der Waals surface area (Å²) in [6, 6.07) is 18.0. The van der Waals surface area contributed by atoms with Gasteiger partial charge in [-0.25, -0.2) is 0 Å². The average molecular weight is 439 g/mol. The van der Waals surface area contributed by atoms with Crippen molar-refractivity contribution in [2.45, 2.75) is 57.1 Å². The van der Waals surface area contributed by atoms with E-state index in [0.29, 0.717) is 5.16 Å². The summed E-state index contributed by atoms with van der Waals surface area (Å²) in [5.74, 6) is 1.61. The number of nitrogens with zero attached hydrogens (tertiary/aromatic N) is 4. The molecule has 0 N–H and O–H groups in total. The highest BCUT2D eigenvalue weighted by molar-refractivity contribution is 8.00. The van der Waals surface area contributed by atoms with E-state index >= 15 is 0 Å². The van der Waals surface area contributed by atoms with Gasteiger partial charge >= 0.3 is 0 Å². The van der Waals surface area contributed by atoms with Crippen LogP contribution in [0.5, 0.6) is 5.75 Å². The SMILES string of the molecule is COc1ccc(-c2nnc(SC(C)C(=O)N(C(C)C)C(C)C)n2-c2ccccc2)cc1. The lowest BCUT2D eigenvalue weighted by atomic mass is 10.2. The van der Waals surface area contributed by atoms with Gasteiger partial charge in [0.25, 0.3) is 0 Å². The number of amides is 1. The van der Waals surface area contributed by atoms with Crippen LogP contribution in [-0.2, 0) is 4.79 Å². The molecule has 164 valence electrons. The highest BCUT2D eigenvalue weighted by Gasteiger charge is 2.28. The molecule has 31 heavy (non-hydrogen) atoms. The maximum atomic E-state index is 13.2. The summed E-state index contributed by atoms with van der Waals surface area (Å²) in [5, 5.41) is 9.32. The standard InChI is InChI=1S/C24H30N4O2S/c1-16(2)27(17(3)4)23(29)18(5)31-24-26-25-22(19-12-14-21(30-6)15-13-19)28(24)20-10-8-7-9-11-20/h7-18H,1-6H3. The summed E-state index contributed by atoms with van der Waals surface area (Å²) in [6.07, 6.45) is 0. The van der Waals surface area contributed by atoms with Crippen molar-refractivity contribution >= 4 is 17.7 Å². The van der Waals surface area contributed by atoms with Gasteiger partial charge in [-0.15, -0.1) is 10.2 Å². The van der Waals surface area contributed by atoms with Crippen LogP contribution in [0.2, 0.25) is 0 Å². The van der Waals surface area contributed by atoms with Gasteiger partial charge in [-0.1, -0.05) is 30.0 Å². The quantitative estimate of drug-likeness (QED) is 0.460. The molecular weight excluding hydrogens is 408 g/mol. The number of carbonyl (C=O) groups is 1. The summed E-state index contributed by atoms with van der Waals surface area (Å²) >= 11 is 1.43. The normalized spacial score (nSPS) is 12.3. The molecule has 0 fully saturated rings. The summed E-state index contributed by atoms with van der Waals surface area (Å²) in [6.45, 7) is 10.1. The molecule has 3 aromatic rings. The molecule has 0 aliphatic carbocycles. The number of benzene rings is 2. The summed E-state index contributed by atoms with van der Waals surface area (Å²) in [4.78, 5) is 15.1. The van der Waals surface area contributed by atoms with Crippen LogP contribution < -0.4 is 4.74 Å². The monoisotopic (exact) mass is 438 g/mol. The predicted molar refractivity (Wildman–Crippen MR) is 126 cm³/mol. The summed E-state index contributed by atoms with van der Waals surface area (Å²) in [5.41, 5.74) is 1.87. The fraction of sp³-hybridized carbons (Fsp3) is 0.375. The van der Waals surface area contributed by atoms with Crippen LogP contribution in [0.4, 0.5) is 0 Å². The van der Waals surface area contributed by atoms with Gasteiger partial charge in [0.2, 0.25) is 5.91 Å². The average Bonchev–Trinajstić information content (AvgIpc) is 3.17. The van der Waals surface area contributed by atoms with Crippen molar-refractivity contribution in [1.82, 2.24) is 19.7 Å².